The summed E-state index contributed by atoms with van der Waals surface area (Å²) in [5.41, 5.74) is 1.75. The third-order valence-electron chi connectivity index (χ3n) is 5.35. The van der Waals surface area contributed by atoms with Crippen molar-refractivity contribution >= 4 is 6.16 Å². The lowest BCUT2D eigenvalue weighted by Crippen LogP contribution is -2.65. The Hall–Kier alpha value is -2.45. The quantitative estimate of drug-likeness (QED) is 0.792. The summed E-state index contributed by atoms with van der Waals surface area (Å²) in [4.78, 5) is 14.1. The number of nitrogens with zero attached hydrogens (tertiary/aromatic N) is 1. The number of aliphatic hydroxyl groups is 1. The van der Waals surface area contributed by atoms with Gasteiger partial charge in [-0.3, -0.25) is 4.90 Å². The average molecular weight is 399 g/mol. The Bertz CT molecular complexity index is 801. The van der Waals surface area contributed by atoms with Crippen LogP contribution in [0.25, 0.3) is 0 Å². The summed E-state index contributed by atoms with van der Waals surface area (Å²) in [5, 5.41) is 10.8. The highest BCUT2D eigenvalue weighted by molar-refractivity contribution is 5.60. The highest BCUT2D eigenvalue weighted by Crippen LogP contribution is 2.33. The molecule has 7 nitrogen and oxygen atoms in total. The fourth-order valence-corrected chi connectivity index (χ4v) is 3.74. The topological polar surface area (TPSA) is 77.5 Å². The van der Waals surface area contributed by atoms with E-state index in [-0.39, 0.29) is 12.6 Å². The monoisotopic (exact) mass is 399 g/mol. The van der Waals surface area contributed by atoms with Crippen molar-refractivity contribution in [3.05, 3.63) is 71.8 Å². The van der Waals surface area contributed by atoms with Crippen LogP contribution < -0.4 is 0 Å². The molecule has 0 amide bonds. The summed E-state index contributed by atoms with van der Waals surface area (Å²) < 4.78 is 22.5. The number of hydrogen-bond acceptors (Lipinski definition) is 7. The molecular weight excluding hydrogens is 374 g/mol. The second-order valence-corrected chi connectivity index (χ2v) is 7.35. The van der Waals surface area contributed by atoms with E-state index in [1.54, 1.807) is 0 Å². The van der Waals surface area contributed by atoms with Crippen LogP contribution in [-0.4, -0.2) is 60.7 Å². The molecule has 1 unspecified atom stereocenters. The summed E-state index contributed by atoms with van der Waals surface area (Å²) in [7, 11) is 1.89. The van der Waals surface area contributed by atoms with Crippen LogP contribution in [0.4, 0.5) is 4.79 Å². The standard InChI is InChI=1S/C22H25NO6/c1-23-12-18(28-22(25)27-13-15-8-4-2-5-9-15)19(24)20-17(23)14-26-21(29-20)16-10-6-3-7-11-16/h2-11,17-21,24H,12-14H2,1H3/t17-,18+,19-,20-,21?/m1/s1. The van der Waals surface area contributed by atoms with Crippen molar-refractivity contribution in [1.82, 2.24) is 4.90 Å². The molecule has 2 aromatic carbocycles. The summed E-state index contributed by atoms with van der Waals surface area (Å²) in [6.07, 6.45) is -3.64. The van der Waals surface area contributed by atoms with Crippen molar-refractivity contribution in [3.63, 3.8) is 0 Å². The van der Waals surface area contributed by atoms with Gasteiger partial charge in [-0.05, 0) is 12.6 Å². The molecular formula is C22H25NO6. The van der Waals surface area contributed by atoms with Crippen molar-refractivity contribution in [2.75, 3.05) is 20.2 Å². The summed E-state index contributed by atoms with van der Waals surface area (Å²) in [6, 6.07) is 18.8. The third kappa shape index (κ3) is 4.59. The zero-order chi connectivity index (χ0) is 20.2. The van der Waals surface area contributed by atoms with E-state index in [0.717, 1.165) is 11.1 Å². The minimum Gasteiger partial charge on any atom is -0.429 e. The minimum absolute atomic E-state index is 0.116. The molecule has 0 aromatic heterocycles. The van der Waals surface area contributed by atoms with Crippen LogP contribution in [0.3, 0.4) is 0 Å². The maximum atomic E-state index is 12.1. The molecule has 0 radical (unpaired) electrons. The van der Waals surface area contributed by atoms with Gasteiger partial charge in [0, 0.05) is 12.1 Å². The number of carbonyl (C=O) groups is 1. The SMILES string of the molecule is CN1C[C@H](OC(=O)OCc2ccccc2)[C@@H](O)[C@@H]2OC(c3ccccc3)OC[C@H]21. The molecule has 2 aliphatic rings. The number of carbonyl (C=O) groups excluding carboxylic acids is 1. The first-order valence-electron chi connectivity index (χ1n) is 9.69. The molecule has 0 bridgehead atoms. The fourth-order valence-electron chi connectivity index (χ4n) is 3.74. The van der Waals surface area contributed by atoms with Crippen molar-refractivity contribution in [1.29, 1.82) is 0 Å². The van der Waals surface area contributed by atoms with E-state index in [1.807, 2.05) is 72.6 Å². The summed E-state index contributed by atoms with van der Waals surface area (Å²) >= 11 is 0. The lowest BCUT2D eigenvalue weighted by molar-refractivity contribution is -0.285. The Morgan fingerprint density at radius 3 is 2.55 bits per heavy atom. The number of hydrogen-bond donors (Lipinski definition) is 1. The van der Waals surface area contributed by atoms with Crippen LogP contribution in [0.2, 0.25) is 0 Å². The van der Waals surface area contributed by atoms with E-state index < -0.39 is 30.8 Å². The number of aliphatic hydroxyl groups excluding tert-OH is 1. The molecule has 154 valence electrons. The Kier molecular flexibility index (Phi) is 6.10. The first kappa shape index (κ1) is 19.8. The molecule has 1 N–H and O–H groups in total. The Morgan fingerprint density at radius 2 is 1.83 bits per heavy atom. The molecule has 2 saturated heterocycles. The van der Waals surface area contributed by atoms with Crippen molar-refractivity contribution in [3.8, 4) is 0 Å². The lowest BCUT2D eigenvalue weighted by atomic mass is 9.93. The number of ether oxygens (including phenoxy) is 4. The molecule has 0 saturated carbocycles. The van der Waals surface area contributed by atoms with Gasteiger partial charge in [0.25, 0.3) is 0 Å². The molecule has 2 aromatic rings. The van der Waals surface area contributed by atoms with Crippen molar-refractivity contribution in [2.24, 2.45) is 0 Å². The Balaban J connectivity index is 1.37. The van der Waals surface area contributed by atoms with Crippen LogP contribution in [-0.2, 0) is 25.6 Å². The van der Waals surface area contributed by atoms with Crippen LogP contribution in [0.5, 0.6) is 0 Å². The van der Waals surface area contributed by atoms with Crippen LogP contribution in [0.1, 0.15) is 17.4 Å². The maximum absolute atomic E-state index is 12.1. The second kappa shape index (κ2) is 8.92. The number of likely N-dealkylation sites (N-methyl/N-ethyl adjacent to an activating group) is 1. The Labute approximate surface area is 169 Å². The zero-order valence-corrected chi connectivity index (χ0v) is 16.2. The van der Waals surface area contributed by atoms with Gasteiger partial charge in [-0.15, -0.1) is 0 Å². The molecule has 5 atom stereocenters. The van der Waals surface area contributed by atoms with Gasteiger partial charge in [-0.2, -0.15) is 0 Å². The van der Waals surface area contributed by atoms with Crippen molar-refractivity contribution in [2.45, 2.75) is 37.3 Å². The van der Waals surface area contributed by atoms with E-state index in [1.165, 1.54) is 0 Å². The highest BCUT2D eigenvalue weighted by Gasteiger charge is 2.48. The van der Waals surface area contributed by atoms with Crippen LogP contribution >= 0.6 is 0 Å². The summed E-state index contributed by atoms with van der Waals surface area (Å²) in [5.74, 6) is 0. The largest absolute Gasteiger partial charge is 0.509 e. The van der Waals surface area contributed by atoms with Gasteiger partial charge in [-0.1, -0.05) is 60.7 Å². The molecule has 0 aliphatic carbocycles. The van der Waals surface area contributed by atoms with Crippen molar-refractivity contribution < 1.29 is 28.8 Å². The van der Waals surface area contributed by atoms with E-state index in [4.69, 9.17) is 18.9 Å². The average Bonchev–Trinajstić information content (AvgIpc) is 2.77. The number of rotatable bonds is 4. The van der Waals surface area contributed by atoms with Gasteiger partial charge in [0.1, 0.15) is 24.9 Å². The number of likely N-dealkylation sites (tertiary alicyclic amines) is 1. The molecule has 7 heteroatoms. The summed E-state index contributed by atoms with van der Waals surface area (Å²) in [6.45, 7) is 0.902. The molecule has 4 rings (SSSR count). The normalized spacial score (nSPS) is 29.7. The van der Waals surface area contributed by atoms with Crippen LogP contribution in [0.15, 0.2) is 60.7 Å². The van der Waals surface area contributed by atoms with Gasteiger partial charge >= 0.3 is 6.16 Å². The smallest absolute Gasteiger partial charge is 0.429 e. The fraction of sp³-hybridized carbons (Fsp3) is 0.409. The molecule has 0 spiro atoms. The van der Waals surface area contributed by atoms with E-state index in [9.17, 15) is 9.90 Å². The second-order valence-electron chi connectivity index (χ2n) is 7.35. The molecule has 2 fully saturated rings. The molecule has 2 aliphatic heterocycles. The number of benzene rings is 2. The van der Waals surface area contributed by atoms with Gasteiger partial charge in [-0.25, -0.2) is 4.79 Å². The zero-order valence-electron chi connectivity index (χ0n) is 16.2. The maximum Gasteiger partial charge on any atom is 0.509 e. The lowest BCUT2D eigenvalue weighted by Gasteiger charge is -2.48. The molecule has 29 heavy (non-hydrogen) atoms. The highest BCUT2D eigenvalue weighted by atomic mass is 16.7. The van der Waals surface area contributed by atoms with E-state index >= 15 is 0 Å². The van der Waals surface area contributed by atoms with E-state index in [0.29, 0.717) is 13.2 Å². The molecule has 2 heterocycles. The number of fused-ring (bicyclic) bond motifs is 1. The van der Waals surface area contributed by atoms with Gasteiger partial charge < -0.3 is 24.1 Å². The van der Waals surface area contributed by atoms with Gasteiger partial charge in [0.2, 0.25) is 0 Å². The van der Waals surface area contributed by atoms with Gasteiger partial charge in [0.05, 0.1) is 12.6 Å². The predicted molar refractivity (Wildman–Crippen MR) is 104 cm³/mol. The van der Waals surface area contributed by atoms with Crippen LogP contribution in [0, 0.1) is 0 Å². The number of piperidine rings is 1. The first-order chi connectivity index (χ1) is 14.1. The van der Waals surface area contributed by atoms with E-state index in [2.05, 4.69) is 0 Å². The first-order valence-corrected chi connectivity index (χ1v) is 9.69. The Morgan fingerprint density at radius 1 is 1.14 bits per heavy atom. The predicted octanol–water partition coefficient (Wildman–Crippen LogP) is 2.50. The third-order valence-corrected chi connectivity index (χ3v) is 5.35. The minimum atomic E-state index is -0.976. The van der Waals surface area contributed by atoms with Gasteiger partial charge in [0.15, 0.2) is 6.29 Å².